The molecule has 0 aromatic carbocycles. The van der Waals surface area contributed by atoms with E-state index in [9.17, 15) is 0 Å². The molecule has 0 amide bonds. The maximum Gasteiger partial charge on any atom is 0.0373 e. The molecule has 0 spiro atoms. The second-order valence-electron chi connectivity index (χ2n) is 2.47. The van der Waals surface area contributed by atoms with E-state index < -0.39 is 7.59 Å². The van der Waals surface area contributed by atoms with Crippen molar-refractivity contribution >= 4 is 25.9 Å². The second kappa shape index (κ2) is 4.46. The topological polar surface area (TPSA) is 0 Å². The fraction of sp³-hybridized carbons (Fsp3) is 1.00. The predicted octanol–water partition coefficient (Wildman–Crippen LogP) is 1.78. The molecule has 0 rings (SSSR count). The van der Waals surface area contributed by atoms with Crippen LogP contribution in [-0.4, -0.2) is 25.9 Å². The van der Waals surface area contributed by atoms with Crippen LogP contribution in [0.25, 0.3) is 0 Å². The molecule has 0 heterocycles. The van der Waals surface area contributed by atoms with Crippen molar-refractivity contribution in [3.63, 3.8) is 0 Å². The first-order chi connectivity index (χ1) is 4.24. The zero-order chi connectivity index (χ0) is 7.33. The van der Waals surface area contributed by atoms with Crippen LogP contribution in [0.5, 0.6) is 0 Å². The summed E-state index contributed by atoms with van der Waals surface area (Å²) < 4.78 is 0. The first kappa shape index (κ1) is 9.65. The van der Waals surface area contributed by atoms with Crippen LogP contribution >= 0.6 is 0 Å². The SMILES string of the molecule is CC[Si](CC)(CC)[Si][Si]. The van der Waals surface area contributed by atoms with Crippen molar-refractivity contribution in [3.05, 3.63) is 0 Å². The van der Waals surface area contributed by atoms with Crippen molar-refractivity contribution in [2.45, 2.75) is 38.9 Å². The monoisotopic (exact) mass is 171 g/mol. The van der Waals surface area contributed by atoms with Crippen LogP contribution in [0.4, 0.5) is 0 Å². The lowest BCUT2D eigenvalue weighted by Gasteiger charge is -2.25. The number of hydrogen-bond acceptors (Lipinski definition) is 0. The first-order valence-corrected chi connectivity index (χ1v) is 9.80. The van der Waals surface area contributed by atoms with Crippen LogP contribution in [0, 0.1) is 0 Å². The predicted molar refractivity (Wildman–Crippen MR) is 48.7 cm³/mol. The van der Waals surface area contributed by atoms with Crippen LogP contribution < -0.4 is 0 Å². The Kier molecular flexibility index (Phi) is 4.79. The average Bonchev–Trinajstić information content (AvgIpc) is 1.95. The van der Waals surface area contributed by atoms with Gasteiger partial charge in [0.15, 0.2) is 0 Å². The van der Waals surface area contributed by atoms with Crippen molar-refractivity contribution < 1.29 is 0 Å². The molecule has 3 heteroatoms. The molecule has 9 heavy (non-hydrogen) atoms. The summed E-state index contributed by atoms with van der Waals surface area (Å²) in [5.41, 5.74) is 0. The summed E-state index contributed by atoms with van der Waals surface area (Å²) in [4.78, 5) is 0. The normalized spacial score (nSPS) is 12.0. The molecular weight excluding hydrogens is 156 g/mol. The molecule has 0 aromatic rings. The summed E-state index contributed by atoms with van der Waals surface area (Å²) in [6, 6.07) is 4.34. The molecule has 0 saturated carbocycles. The van der Waals surface area contributed by atoms with E-state index in [2.05, 4.69) is 30.5 Å². The standard InChI is InChI=1S/C6H15Si3/c1-4-9(5-2,6-3)8-7/h4-6H2,1-3H3. The summed E-state index contributed by atoms with van der Waals surface area (Å²) in [6.45, 7) is 7.02. The van der Waals surface area contributed by atoms with Crippen LogP contribution in [-0.2, 0) is 0 Å². The van der Waals surface area contributed by atoms with Gasteiger partial charge in [-0.05, 0) is 0 Å². The minimum Gasteiger partial charge on any atom is -0.0680 e. The highest BCUT2D eigenvalue weighted by atomic mass is 29.5. The van der Waals surface area contributed by atoms with Gasteiger partial charge < -0.3 is 0 Å². The van der Waals surface area contributed by atoms with E-state index in [1.165, 1.54) is 18.1 Å². The van der Waals surface area contributed by atoms with Gasteiger partial charge in [-0.25, -0.2) is 0 Å². The van der Waals surface area contributed by atoms with Gasteiger partial charge in [0.25, 0.3) is 0 Å². The lowest BCUT2D eigenvalue weighted by atomic mass is 10.9. The molecule has 0 aliphatic carbocycles. The zero-order valence-corrected chi connectivity index (χ0v) is 9.62. The summed E-state index contributed by atoms with van der Waals surface area (Å²) in [7, 11) is 4.00. The van der Waals surface area contributed by atoms with Gasteiger partial charge in [-0.2, -0.15) is 0 Å². The molecule has 0 atom stereocenters. The maximum atomic E-state index is 3.69. The Morgan fingerprint density at radius 3 is 1.44 bits per heavy atom. The largest absolute Gasteiger partial charge is 0.0680 e. The van der Waals surface area contributed by atoms with Crippen LogP contribution in [0.3, 0.4) is 0 Å². The van der Waals surface area contributed by atoms with E-state index in [1.807, 2.05) is 0 Å². The number of rotatable bonds is 4. The Hall–Kier alpha value is 0.651. The third-order valence-electron chi connectivity index (χ3n) is 2.30. The Balaban J connectivity index is 3.82. The van der Waals surface area contributed by atoms with Crippen molar-refractivity contribution in [1.29, 1.82) is 0 Å². The highest BCUT2D eigenvalue weighted by Gasteiger charge is 2.23. The fourth-order valence-electron chi connectivity index (χ4n) is 1.02. The second-order valence-corrected chi connectivity index (χ2v) is 13.6. The van der Waals surface area contributed by atoms with Gasteiger partial charge in [0.2, 0.25) is 0 Å². The van der Waals surface area contributed by atoms with Crippen molar-refractivity contribution in [3.8, 4) is 0 Å². The summed E-state index contributed by atoms with van der Waals surface area (Å²) in [5, 5.41) is 0. The van der Waals surface area contributed by atoms with E-state index >= 15 is 0 Å². The first-order valence-electron chi connectivity index (χ1n) is 3.68. The quantitative estimate of drug-likeness (QED) is 0.566. The van der Waals surface area contributed by atoms with Gasteiger partial charge in [0, 0.05) is 25.9 Å². The van der Waals surface area contributed by atoms with Gasteiger partial charge in [0.05, 0.1) is 0 Å². The van der Waals surface area contributed by atoms with Crippen LogP contribution in [0.15, 0.2) is 0 Å². The smallest absolute Gasteiger partial charge is 0.0373 e. The van der Waals surface area contributed by atoms with Gasteiger partial charge in [-0.15, -0.1) is 0 Å². The minimum atomic E-state index is -0.750. The van der Waals surface area contributed by atoms with E-state index in [1.54, 1.807) is 0 Å². The zero-order valence-electron chi connectivity index (χ0n) is 6.62. The lowest BCUT2D eigenvalue weighted by Crippen LogP contribution is -2.39. The molecule has 0 fully saturated rings. The van der Waals surface area contributed by atoms with Crippen LogP contribution in [0.2, 0.25) is 18.1 Å². The molecule has 0 nitrogen and oxygen atoms in total. The van der Waals surface area contributed by atoms with E-state index in [0.717, 1.165) is 8.55 Å². The Morgan fingerprint density at radius 1 is 1.11 bits per heavy atom. The average molecular weight is 171 g/mol. The third-order valence-corrected chi connectivity index (χ3v) is 16.4. The molecular formula is C6H15Si3. The molecule has 0 unspecified atom stereocenters. The van der Waals surface area contributed by atoms with Crippen molar-refractivity contribution in [1.82, 2.24) is 0 Å². The van der Waals surface area contributed by atoms with E-state index in [4.69, 9.17) is 0 Å². The lowest BCUT2D eigenvalue weighted by molar-refractivity contribution is 1.22. The van der Waals surface area contributed by atoms with Crippen molar-refractivity contribution in [2.24, 2.45) is 0 Å². The van der Waals surface area contributed by atoms with E-state index in [0.29, 0.717) is 0 Å². The number of hydrogen-bond donors (Lipinski definition) is 0. The highest BCUT2D eigenvalue weighted by Crippen LogP contribution is 2.16. The van der Waals surface area contributed by atoms with Crippen molar-refractivity contribution in [2.75, 3.05) is 0 Å². The highest BCUT2D eigenvalue weighted by molar-refractivity contribution is 7.39. The molecule has 5 radical (unpaired) electrons. The van der Waals surface area contributed by atoms with E-state index in [-0.39, 0.29) is 0 Å². The molecule has 0 N–H and O–H groups in total. The molecule has 0 saturated heterocycles. The van der Waals surface area contributed by atoms with Crippen LogP contribution in [0.1, 0.15) is 20.8 Å². The van der Waals surface area contributed by atoms with Gasteiger partial charge >= 0.3 is 0 Å². The Bertz CT molecular complexity index is 51.2. The van der Waals surface area contributed by atoms with Gasteiger partial charge in [-0.3, -0.25) is 0 Å². The molecule has 0 aliphatic heterocycles. The minimum absolute atomic E-state index is 0.750. The Labute approximate surface area is 65.3 Å². The van der Waals surface area contributed by atoms with Gasteiger partial charge in [0.1, 0.15) is 0 Å². The van der Waals surface area contributed by atoms with Gasteiger partial charge in [-0.1, -0.05) is 38.9 Å². The summed E-state index contributed by atoms with van der Waals surface area (Å²) >= 11 is 0. The Morgan fingerprint density at radius 2 is 1.44 bits per heavy atom. The molecule has 0 aliphatic rings. The molecule has 0 bridgehead atoms. The third kappa shape index (κ3) is 2.39. The fourth-order valence-corrected chi connectivity index (χ4v) is 9.41. The molecule has 51 valence electrons. The maximum absolute atomic E-state index is 3.69. The summed E-state index contributed by atoms with van der Waals surface area (Å²) in [6.07, 6.45) is 0. The summed E-state index contributed by atoms with van der Waals surface area (Å²) in [5.74, 6) is 0. The molecule has 0 aromatic heterocycles.